The van der Waals surface area contributed by atoms with Crippen LogP contribution in [0.15, 0.2) is 30.8 Å². The second-order valence-electron chi connectivity index (χ2n) is 9.33. The summed E-state index contributed by atoms with van der Waals surface area (Å²) in [6, 6.07) is 5.52. The number of alkyl carbamates (subject to hydrolysis) is 1. The number of carbonyl (C=O) groups is 3. The van der Waals surface area contributed by atoms with Crippen LogP contribution < -0.4 is 10.6 Å². The van der Waals surface area contributed by atoms with E-state index in [2.05, 4.69) is 17.2 Å². The third kappa shape index (κ3) is 7.89. The first-order chi connectivity index (χ1) is 13.6. The van der Waals surface area contributed by atoms with Crippen molar-refractivity contribution < 1.29 is 19.1 Å². The standard InChI is InChI=1S/C23H35N3O4/c1-10-16-12-11-13-17(14-16)18(19(27)25-22(3,4)5)26(9)20(28)15(2)24-21(29)30-23(6,7)8/h10-15,18H,1H2,2-9H3,(H,24,29)(H,25,27). The molecular weight excluding hydrogens is 382 g/mol. The number of nitrogens with zero attached hydrogens (tertiary/aromatic N) is 1. The predicted octanol–water partition coefficient (Wildman–Crippen LogP) is 3.66. The lowest BCUT2D eigenvalue weighted by atomic mass is 9.99. The van der Waals surface area contributed by atoms with Gasteiger partial charge in [-0.3, -0.25) is 9.59 Å². The maximum atomic E-state index is 13.1. The summed E-state index contributed by atoms with van der Waals surface area (Å²) in [7, 11) is 1.54. The molecule has 0 saturated heterocycles. The summed E-state index contributed by atoms with van der Waals surface area (Å²) in [6.45, 7) is 16.2. The molecule has 7 heteroatoms. The summed E-state index contributed by atoms with van der Waals surface area (Å²) in [5, 5.41) is 5.46. The van der Waals surface area contributed by atoms with Crippen LogP contribution in [0.5, 0.6) is 0 Å². The topological polar surface area (TPSA) is 87.7 Å². The van der Waals surface area contributed by atoms with Gasteiger partial charge in [-0.25, -0.2) is 4.79 Å². The van der Waals surface area contributed by atoms with Gasteiger partial charge in [0.2, 0.25) is 11.8 Å². The highest BCUT2D eigenvalue weighted by Gasteiger charge is 2.33. The van der Waals surface area contributed by atoms with Crippen molar-refractivity contribution in [2.24, 2.45) is 0 Å². The second-order valence-corrected chi connectivity index (χ2v) is 9.33. The quantitative estimate of drug-likeness (QED) is 0.739. The summed E-state index contributed by atoms with van der Waals surface area (Å²) in [4.78, 5) is 39.5. The van der Waals surface area contributed by atoms with Crippen LogP contribution in [0.3, 0.4) is 0 Å². The fraction of sp³-hybridized carbons (Fsp3) is 0.522. The second kappa shape index (κ2) is 9.78. The first-order valence-electron chi connectivity index (χ1n) is 9.95. The van der Waals surface area contributed by atoms with Crippen molar-refractivity contribution in [1.82, 2.24) is 15.5 Å². The summed E-state index contributed by atoms with van der Waals surface area (Å²) >= 11 is 0. The minimum atomic E-state index is -0.877. The Bertz CT molecular complexity index is 790. The first-order valence-corrected chi connectivity index (χ1v) is 9.95. The zero-order chi connectivity index (χ0) is 23.3. The van der Waals surface area contributed by atoms with Crippen molar-refractivity contribution in [2.45, 2.75) is 71.7 Å². The van der Waals surface area contributed by atoms with Gasteiger partial charge in [0, 0.05) is 12.6 Å². The molecule has 2 atom stereocenters. The van der Waals surface area contributed by atoms with E-state index in [9.17, 15) is 14.4 Å². The molecule has 2 unspecified atom stereocenters. The van der Waals surface area contributed by atoms with Crippen LogP contribution in [0.1, 0.15) is 65.6 Å². The van der Waals surface area contributed by atoms with Gasteiger partial charge in [-0.2, -0.15) is 0 Å². The molecule has 1 rings (SSSR count). The lowest BCUT2D eigenvalue weighted by Gasteiger charge is -2.33. The molecule has 0 aliphatic heterocycles. The van der Waals surface area contributed by atoms with Crippen LogP contribution in [0.25, 0.3) is 6.08 Å². The van der Waals surface area contributed by atoms with Gasteiger partial charge in [0.05, 0.1) is 0 Å². The number of hydrogen-bond donors (Lipinski definition) is 2. The fourth-order valence-electron chi connectivity index (χ4n) is 2.82. The number of nitrogens with one attached hydrogen (secondary N) is 2. The monoisotopic (exact) mass is 417 g/mol. The van der Waals surface area contributed by atoms with E-state index in [1.807, 2.05) is 39.0 Å². The number of carbonyl (C=O) groups excluding carboxylic acids is 3. The third-order valence-electron chi connectivity index (χ3n) is 4.05. The summed E-state index contributed by atoms with van der Waals surface area (Å²) in [6.07, 6.45) is 0.984. The zero-order valence-corrected chi connectivity index (χ0v) is 19.3. The Morgan fingerprint density at radius 3 is 2.23 bits per heavy atom. The molecule has 30 heavy (non-hydrogen) atoms. The first kappa shape index (κ1) is 25.2. The Labute approximate surface area is 179 Å². The van der Waals surface area contributed by atoms with E-state index in [1.165, 1.54) is 4.90 Å². The molecule has 0 radical (unpaired) electrons. The number of benzene rings is 1. The van der Waals surface area contributed by atoms with E-state index in [0.717, 1.165) is 5.56 Å². The maximum Gasteiger partial charge on any atom is 0.408 e. The Balaban J connectivity index is 3.15. The van der Waals surface area contributed by atoms with Crippen molar-refractivity contribution in [3.05, 3.63) is 42.0 Å². The van der Waals surface area contributed by atoms with Gasteiger partial charge in [-0.05, 0) is 65.7 Å². The van der Waals surface area contributed by atoms with Gasteiger partial charge in [-0.15, -0.1) is 0 Å². The van der Waals surface area contributed by atoms with E-state index in [0.29, 0.717) is 5.56 Å². The van der Waals surface area contributed by atoms with E-state index >= 15 is 0 Å². The molecule has 1 aromatic rings. The number of hydrogen-bond acceptors (Lipinski definition) is 4. The van der Waals surface area contributed by atoms with Crippen molar-refractivity contribution in [3.8, 4) is 0 Å². The lowest BCUT2D eigenvalue weighted by molar-refractivity contribution is -0.141. The Morgan fingerprint density at radius 1 is 1.13 bits per heavy atom. The highest BCUT2D eigenvalue weighted by molar-refractivity contribution is 5.92. The average molecular weight is 418 g/mol. The van der Waals surface area contributed by atoms with Crippen molar-refractivity contribution in [1.29, 1.82) is 0 Å². The third-order valence-corrected chi connectivity index (χ3v) is 4.05. The van der Waals surface area contributed by atoms with Crippen molar-refractivity contribution in [3.63, 3.8) is 0 Å². The number of ether oxygens (including phenoxy) is 1. The van der Waals surface area contributed by atoms with E-state index < -0.39 is 35.2 Å². The SMILES string of the molecule is C=Cc1cccc(C(C(=O)NC(C)(C)C)N(C)C(=O)C(C)NC(=O)OC(C)(C)C)c1. The molecule has 0 spiro atoms. The van der Waals surface area contributed by atoms with Crippen LogP contribution in [0.4, 0.5) is 4.79 Å². The molecule has 0 aliphatic rings. The molecule has 0 fully saturated rings. The predicted molar refractivity (Wildman–Crippen MR) is 119 cm³/mol. The van der Waals surface area contributed by atoms with Crippen molar-refractivity contribution in [2.75, 3.05) is 7.05 Å². The maximum absolute atomic E-state index is 13.1. The van der Waals surface area contributed by atoms with Crippen LogP contribution in [-0.4, -0.2) is 47.0 Å². The Hall–Kier alpha value is -2.83. The van der Waals surface area contributed by atoms with Gasteiger partial charge >= 0.3 is 6.09 Å². The van der Waals surface area contributed by atoms with E-state index in [1.54, 1.807) is 46.9 Å². The van der Waals surface area contributed by atoms with Crippen LogP contribution in [0, 0.1) is 0 Å². The summed E-state index contributed by atoms with van der Waals surface area (Å²) in [5.74, 6) is -0.733. The van der Waals surface area contributed by atoms with Crippen LogP contribution in [0.2, 0.25) is 0 Å². The normalized spacial score (nSPS) is 13.6. The molecule has 3 amide bonds. The molecule has 0 aromatic heterocycles. The van der Waals surface area contributed by atoms with Gasteiger partial charge in [0.15, 0.2) is 0 Å². The summed E-state index contributed by atoms with van der Waals surface area (Å²) < 4.78 is 5.22. The molecule has 0 aliphatic carbocycles. The largest absolute Gasteiger partial charge is 0.444 e. The lowest BCUT2D eigenvalue weighted by Crippen LogP contribution is -2.52. The minimum absolute atomic E-state index is 0.316. The summed E-state index contributed by atoms with van der Waals surface area (Å²) in [5.41, 5.74) is 0.325. The highest BCUT2D eigenvalue weighted by atomic mass is 16.6. The molecule has 1 aromatic carbocycles. The van der Waals surface area contributed by atoms with Gasteiger partial charge in [0.1, 0.15) is 17.7 Å². The number of likely N-dealkylation sites (N-methyl/N-ethyl adjacent to an activating group) is 1. The van der Waals surface area contributed by atoms with E-state index in [-0.39, 0.29) is 5.91 Å². The molecule has 166 valence electrons. The number of amides is 3. The zero-order valence-electron chi connectivity index (χ0n) is 19.3. The number of rotatable bonds is 6. The molecule has 0 heterocycles. The van der Waals surface area contributed by atoms with E-state index in [4.69, 9.17) is 4.74 Å². The molecular formula is C23H35N3O4. The molecule has 0 bridgehead atoms. The van der Waals surface area contributed by atoms with Crippen LogP contribution >= 0.6 is 0 Å². The average Bonchev–Trinajstić information content (AvgIpc) is 2.57. The Morgan fingerprint density at radius 2 is 1.73 bits per heavy atom. The molecule has 2 N–H and O–H groups in total. The molecule has 7 nitrogen and oxygen atoms in total. The van der Waals surface area contributed by atoms with Gasteiger partial charge in [0.25, 0.3) is 0 Å². The molecule has 0 saturated carbocycles. The Kier molecular flexibility index (Phi) is 8.22. The van der Waals surface area contributed by atoms with Gasteiger partial charge in [-0.1, -0.05) is 30.9 Å². The van der Waals surface area contributed by atoms with Crippen LogP contribution in [-0.2, 0) is 14.3 Å². The van der Waals surface area contributed by atoms with Crippen molar-refractivity contribution >= 4 is 24.0 Å². The fourth-order valence-corrected chi connectivity index (χ4v) is 2.82. The minimum Gasteiger partial charge on any atom is -0.444 e. The van der Waals surface area contributed by atoms with Gasteiger partial charge < -0.3 is 20.3 Å². The highest BCUT2D eigenvalue weighted by Crippen LogP contribution is 2.23. The smallest absolute Gasteiger partial charge is 0.408 e.